The highest BCUT2D eigenvalue weighted by molar-refractivity contribution is 4.91. The molecule has 4 atom stereocenters. The summed E-state index contributed by atoms with van der Waals surface area (Å²) in [5.74, 6) is -2.26. The monoisotopic (exact) mass is 198 g/mol. The highest BCUT2D eigenvalue weighted by atomic mass is 19.3. The van der Waals surface area contributed by atoms with Crippen LogP contribution in [0.15, 0.2) is 0 Å². The molecular formula is C6H11FO6. The zero-order valence-corrected chi connectivity index (χ0v) is 6.63. The Morgan fingerprint density at radius 3 is 2.62 bits per heavy atom. The lowest BCUT2D eigenvalue weighted by molar-refractivity contribution is -0.357. The molecule has 0 aromatic rings. The van der Waals surface area contributed by atoms with Crippen molar-refractivity contribution in [3.63, 3.8) is 0 Å². The number of hydrogen-bond acceptors (Lipinski definition) is 6. The highest BCUT2D eigenvalue weighted by Gasteiger charge is 2.49. The van der Waals surface area contributed by atoms with E-state index in [-0.39, 0.29) is 0 Å². The molecule has 0 radical (unpaired) electrons. The van der Waals surface area contributed by atoms with E-state index in [0.29, 0.717) is 0 Å². The number of rotatable bonds is 2. The lowest BCUT2D eigenvalue weighted by atomic mass is 9.98. The van der Waals surface area contributed by atoms with E-state index in [0.717, 1.165) is 0 Å². The molecule has 1 saturated heterocycles. The number of halogens is 1. The van der Waals surface area contributed by atoms with E-state index in [1.165, 1.54) is 0 Å². The molecule has 0 spiro atoms. The molecular weight excluding hydrogens is 187 g/mol. The predicted molar refractivity (Wildman–Crippen MR) is 36.0 cm³/mol. The second-order valence-electron chi connectivity index (χ2n) is 2.88. The third-order valence-electron chi connectivity index (χ3n) is 2.01. The fraction of sp³-hybridized carbons (Fsp3) is 1.00. The van der Waals surface area contributed by atoms with Gasteiger partial charge >= 0.3 is 0 Å². The Bertz CT molecular complexity index is 179. The Morgan fingerprint density at radius 2 is 2.15 bits per heavy atom. The Morgan fingerprint density at radius 1 is 1.54 bits per heavy atom. The lowest BCUT2D eigenvalue weighted by Crippen LogP contribution is -2.62. The van der Waals surface area contributed by atoms with E-state index in [9.17, 15) is 9.63 Å². The van der Waals surface area contributed by atoms with Crippen LogP contribution in [-0.4, -0.2) is 57.7 Å². The van der Waals surface area contributed by atoms with Gasteiger partial charge in [0.2, 0.25) is 5.79 Å². The summed E-state index contributed by atoms with van der Waals surface area (Å²) in [4.78, 5) is 3.28. The van der Waals surface area contributed by atoms with E-state index >= 15 is 0 Å². The van der Waals surface area contributed by atoms with Gasteiger partial charge in [0.15, 0.2) is 6.10 Å². The Balaban J connectivity index is 2.69. The van der Waals surface area contributed by atoms with Crippen LogP contribution in [0.4, 0.5) is 4.53 Å². The number of aliphatic hydroxyl groups excluding tert-OH is 3. The third kappa shape index (κ3) is 1.80. The van der Waals surface area contributed by atoms with Gasteiger partial charge in [-0.25, -0.2) is 0 Å². The molecule has 0 aromatic carbocycles. The first-order chi connectivity index (χ1) is 6.05. The molecule has 1 heterocycles. The summed E-state index contributed by atoms with van der Waals surface area (Å²) >= 11 is 0. The van der Waals surface area contributed by atoms with Crippen molar-refractivity contribution >= 4 is 0 Å². The van der Waals surface area contributed by atoms with Crippen LogP contribution in [0.5, 0.6) is 0 Å². The van der Waals surface area contributed by atoms with Crippen LogP contribution in [0.25, 0.3) is 0 Å². The maximum atomic E-state index is 11.7. The molecule has 1 aliphatic rings. The summed E-state index contributed by atoms with van der Waals surface area (Å²) in [6, 6.07) is 0. The molecule has 1 rings (SSSR count). The minimum absolute atomic E-state index is 0.453. The van der Waals surface area contributed by atoms with E-state index in [1.807, 2.05) is 0 Å². The fourth-order valence-corrected chi connectivity index (χ4v) is 1.10. The number of aliphatic hydroxyl groups is 4. The average molecular weight is 198 g/mol. The van der Waals surface area contributed by atoms with Crippen molar-refractivity contribution in [3.05, 3.63) is 0 Å². The van der Waals surface area contributed by atoms with Gasteiger partial charge in [-0.1, -0.05) is 0 Å². The van der Waals surface area contributed by atoms with Crippen molar-refractivity contribution in [2.75, 3.05) is 13.2 Å². The van der Waals surface area contributed by atoms with Crippen molar-refractivity contribution in [1.82, 2.24) is 0 Å². The Labute approximate surface area is 73.0 Å². The summed E-state index contributed by atoms with van der Waals surface area (Å²) in [6.45, 7) is -1.35. The molecule has 0 aromatic heterocycles. The second kappa shape index (κ2) is 3.82. The smallest absolute Gasteiger partial charge is 0.218 e. The van der Waals surface area contributed by atoms with Crippen molar-refractivity contribution < 1.29 is 34.6 Å². The van der Waals surface area contributed by atoms with Crippen LogP contribution < -0.4 is 0 Å². The zero-order valence-electron chi connectivity index (χ0n) is 6.63. The topological polar surface area (TPSA) is 99.4 Å². The summed E-state index contributed by atoms with van der Waals surface area (Å²) < 4.78 is 16.2. The molecule has 0 bridgehead atoms. The first-order valence-electron chi connectivity index (χ1n) is 3.66. The summed E-state index contributed by atoms with van der Waals surface area (Å²) in [5.41, 5.74) is 0. The Kier molecular flexibility index (Phi) is 3.17. The van der Waals surface area contributed by atoms with Crippen molar-refractivity contribution in [2.45, 2.75) is 24.1 Å². The summed E-state index contributed by atoms with van der Waals surface area (Å²) in [7, 11) is 0. The first kappa shape index (κ1) is 10.8. The van der Waals surface area contributed by atoms with Crippen molar-refractivity contribution in [3.8, 4) is 0 Å². The molecule has 1 fully saturated rings. The van der Waals surface area contributed by atoms with Crippen LogP contribution in [0.3, 0.4) is 0 Å². The normalized spacial score (nSPS) is 46.4. The van der Waals surface area contributed by atoms with Crippen LogP contribution in [0.1, 0.15) is 0 Å². The van der Waals surface area contributed by atoms with Gasteiger partial charge in [0.05, 0.1) is 13.2 Å². The van der Waals surface area contributed by atoms with E-state index in [4.69, 9.17) is 15.3 Å². The molecule has 0 aliphatic carbocycles. The number of ether oxygens (including phenoxy) is 1. The maximum Gasteiger partial charge on any atom is 0.218 e. The maximum absolute atomic E-state index is 11.7. The minimum atomic E-state index is -2.26. The molecule has 4 N–H and O–H groups in total. The standard InChI is InChI=1S/C6H11FO6/c7-13-3-1-12-6(11,2-8)5(10)4(3)9/h3-5,8-11H,1-2H2/t3-,4-,5+,6?/m1/s1. The quantitative estimate of drug-likeness (QED) is 0.398. The summed E-state index contributed by atoms with van der Waals surface area (Å²) in [5, 5.41) is 36.2. The van der Waals surface area contributed by atoms with Gasteiger partial charge in [-0.3, -0.25) is 0 Å². The van der Waals surface area contributed by atoms with Gasteiger partial charge in [0, 0.05) is 0 Å². The van der Waals surface area contributed by atoms with Crippen LogP contribution in [0, 0.1) is 0 Å². The van der Waals surface area contributed by atoms with Gasteiger partial charge in [-0.2, -0.15) is 4.94 Å². The van der Waals surface area contributed by atoms with E-state index in [2.05, 4.69) is 9.68 Å². The van der Waals surface area contributed by atoms with Crippen molar-refractivity contribution in [2.24, 2.45) is 0 Å². The fourth-order valence-electron chi connectivity index (χ4n) is 1.10. The summed E-state index contributed by atoms with van der Waals surface area (Å²) in [6.07, 6.45) is -4.82. The first-order valence-corrected chi connectivity index (χ1v) is 3.66. The lowest BCUT2D eigenvalue weighted by Gasteiger charge is -2.40. The SMILES string of the molecule is OCC1(O)OC[C@@H](OF)[C@@H](O)[C@@H]1O. The molecule has 7 heteroatoms. The molecule has 1 unspecified atom stereocenters. The number of hydrogen-bond donors (Lipinski definition) is 4. The molecule has 78 valence electrons. The molecule has 0 amide bonds. The van der Waals surface area contributed by atoms with Gasteiger partial charge in [0.25, 0.3) is 0 Å². The van der Waals surface area contributed by atoms with Crippen LogP contribution >= 0.6 is 0 Å². The van der Waals surface area contributed by atoms with Crippen molar-refractivity contribution in [1.29, 1.82) is 0 Å². The Hall–Kier alpha value is -0.310. The van der Waals surface area contributed by atoms with Gasteiger partial charge < -0.3 is 25.2 Å². The minimum Gasteiger partial charge on any atom is -0.391 e. The zero-order chi connectivity index (χ0) is 10.1. The molecule has 6 nitrogen and oxygen atoms in total. The predicted octanol–water partition coefficient (Wildman–Crippen LogP) is -2.31. The largest absolute Gasteiger partial charge is 0.391 e. The highest BCUT2D eigenvalue weighted by Crippen LogP contribution is 2.24. The van der Waals surface area contributed by atoms with E-state index < -0.39 is 37.3 Å². The molecule has 1 aliphatic heterocycles. The van der Waals surface area contributed by atoms with E-state index in [1.54, 1.807) is 0 Å². The molecule has 0 saturated carbocycles. The van der Waals surface area contributed by atoms with Gasteiger partial charge in [-0.15, -0.1) is 0 Å². The average Bonchev–Trinajstić information content (AvgIpc) is 2.15. The van der Waals surface area contributed by atoms with Crippen LogP contribution in [0.2, 0.25) is 0 Å². The van der Waals surface area contributed by atoms with Gasteiger partial charge in [-0.05, 0) is 4.53 Å². The third-order valence-corrected chi connectivity index (χ3v) is 2.01. The second-order valence-corrected chi connectivity index (χ2v) is 2.88. The molecule has 13 heavy (non-hydrogen) atoms. The van der Waals surface area contributed by atoms with Gasteiger partial charge in [0.1, 0.15) is 12.2 Å². The van der Waals surface area contributed by atoms with Crippen LogP contribution in [-0.2, 0) is 9.68 Å².